The largest absolute Gasteiger partial charge is 0.399 e. The van der Waals surface area contributed by atoms with Crippen LogP contribution in [0.25, 0.3) is 0 Å². The van der Waals surface area contributed by atoms with Crippen LogP contribution in [0.2, 0.25) is 0 Å². The van der Waals surface area contributed by atoms with Crippen molar-refractivity contribution >= 4 is 15.7 Å². The van der Waals surface area contributed by atoms with Crippen molar-refractivity contribution in [2.45, 2.75) is 19.9 Å². The third-order valence-corrected chi connectivity index (χ3v) is 4.79. The van der Waals surface area contributed by atoms with Crippen LogP contribution in [0, 0.1) is 0 Å². The zero-order chi connectivity index (χ0) is 14.3. The molecule has 0 aromatic heterocycles. The standard InChI is InChI=1S/C13H22N2O3S/c1-3-15(19(16,17)9-5-8-18-2)11-12-6-4-7-13(14)10-12/h4,6-7,10H,3,5,8-9,11,14H2,1-2H3. The van der Waals surface area contributed by atoms with Gasteiger partial charge in [0.2, 0.25) is 10.0 Å². The molecule has 0 aliphatic rings. The Labute approximate surface area is 115 Å². The molecule has 0 unspecified atom stereocenters. The van der Waals surface area contributed by atoms with Crippen LogP contribution in [-0.4, -0.2) is 38.7 Å². The van der Waals surface area contributed by atoms with Crippen LogP contribution in [0.1, 0.15) is 18.9 Å². The zero-order valence-electron chi connectivity index (χ0n) is 11.5. The molecule has 1 rings (SSSR count). The van der Waals surface area contributed by atoms with Crippen LogP contribution in [0.4, 0.5) is 5.69 Å². The highest BCUT2D eigenvalue weighted by atomic mass is 32.2. The molecular weight excluding hydrogens is 264 g/mol. The summed E-state index contributed by atoms with van der Waals surface area (Å²) in [6, 6.07) is 7.29. The average molecular weight is 286 g/mol. The van der Waals surface area contributed by atoms with Crippen molar-refractivity contribution in [2.75, 3.05) is 31.7 Å². The Hall–Kier alpha value is -1.11. The van der Waals surface area contributed by atoms with Gasteiger partial charge in [0.05, 0.1) is 5.75 Å². The summed E-state index contributed by atoms with van der Waals surface area (Å²) >= 11 is 0. The van der Waals surface area contributed by atoms with Gasteiger partial charge in [0.15, 0.2) is 0 Å². The summed E-state index contributed by atoms with van der Waals surface area (Å²) in [6.45, 7) is 3.09. The minimum atomic E-state index is -3.24. The predicted molar refractivity (Wildman–Crippen MR) is 77.2 cm³/mol. The van der Waals surface area contributed by atoms with E-state index in [1.807, 2.05) is 19.1 Å². The molecule has 0 aliphatic carbocycles. The summed E-state index contributed by atoms with van der Waals surface area (Å²) in [5.41, 5.74) is 7.24. The van der Waals surface area contributed by atoms with Crippen molar-refractivity contribution in [2.24, 2.45) is 0 Å². The number of nitrogens with two attached hydrogens (primary N) is 1. The molecule has 1 aromatic carbocycles. The van der Waals surface area contributed by atoms with Crippen LogP contribution in [-0.2, 0) is 21.3 Å². The first-order valence-electron chi connectivity index (χ1n) is 6.30. The second kappa shape index (κ2) is 7.47. The second-order valence-electron chi connectivity index (χ2n) is 4.33. The Morgan fingerprint density at radius 1 is 1.37 bits per heavy atom. The quantitative estimate of drug-likeness (QED) is 0.580. The van der Waals surface area contributed by atoms with Gasteiger partial charge in [-0.25, -0.2) is 8.42 Å². The maximum Gasteiger partial charge on any atom is 0.214 e. The van der Waals surface area contributed by atoms with E-state index >= 15 is 0 Å². The fourth-order valence-electron chi connectivity index (χ4n) is 1.82. The van der Waals surface area contributed by atoms with Gasteiger partial charge in [-0.2, -0.15) is 4.31 Å². The molecule has 0 heterocycles. The lowest BCUT2D eigenvalue weighted by Crippen LogP contribution is -2.32. The van der Waals surface area contributed by atoms with E-state index in [0.29, 0.717) is 31.8 Å². The molecule has 1 aromatic rings. The summed E-state index contributed by atoms with van der Waals surface area (Å²) in [5, 5.41) is 0. The molecule has 0 saturated carbocycles. The van der Waals surface area contributed by atoms with Gasteiger partial charge in [-0.15, -0.1) is 0 Å². The molecule has 19 heavy (non-hydrogen) atoms. The highest BCUT2D eigenvalue weighted by molar-refractivity contribution is 7.89. The molecule has 0 amide bonds. The maximum absolute atomic E-state index is 12.2. The third kappa shape index (κ3) is 5.18. The minimum absolute atomic E-state index is 0.108. The summed E-state index contributed by atoms with van der Waals surface area (Å²) in [5.74, 6) is 0.108. The predicted octanol–water partition coefficient (Wildman–Crippen LogP) is 1.46. The Bertz CT molecular complexity index is 488. The molecule has 0 atom stereocenters. The molecule has 108 valence electrons. The first kappa shape index (κ1) is 15.9. The number of nitrogens with zero attached hydrogens (tertiary/aromatic N) is 1. The smallest absolute Gasteiger partial charge is 0.214 e. The number of rotatable bonds is 8. The van der Waals surface area contributed by atoms with E-state index in [4.69, 9.17) is 10.5 Å². The van der Waals surface area contributed by atoms with Crippen LogP contribution >= 0.6 is 0 Å². The number of sulfonamides is 1. The number of ether oxygens (including phenoxy) is 1. The fraction of sp³-hybridized carbons (Fsp3) is 0.538. The number of methoxy groups -OCH3 is 1. The van der Waals surface area contributed by atoms with Crippen molar-refractivity contribution in [3.8, 4) is 0 Å². The van der Waals surface area contributed by atoms with Gasteiger partial charge in [0.1, 0.15) is 0 Å². The Morgan fingerprint density at radius 2 is 2.11 bits per heavy atom. The summed E-state index contributed by atoms with van der Waals surface area (Å²) in [6.07, 6.45) is 0.506. The van der Waals surface area contributed by atoms with E-state index < -0.39 is 10.0 Å². The highest BCUT2D eigenvalue weighted by Gasteiger charge is 2.20. The fourth-order valence-corrected chi connectivity index (χ4v) is 3.30. The van der Waals surface area contributed by atoms with Crippen LogP contribution in [0.15, 0.2) is 24.3 Å². The highest BCUT2D eigenvalue weighted by Crippen LogP contribution is 2.13. The van der Waals surface area contributed by atoms with Crippen LogP contribution in [0.3, 0.4) is 0 Å². The average Bonchev–Trinajstić information content (AvgIpc) is 2.36. The van der Waals surface area contributed by atoms with Gasteiger partial charge in [-0.05, 0) is 24.1 Å². The summed E-state index contributed by atoms with van der Waals surface area (Å²) < 4.78 is 30.7. The first-order valence-corrected chi connectivity index (χ1v) is 7.91. The number of anilines is 1. The lowest BCUT2D eigenvalue weighted by molar-refractivity contribution is 0.199. The van der Waals surface area contributed by atoms with Crippen molar-refractivity contribution < 1.29 is 13.2 Å². The van der Waals surface area contributed by atoms with Gasteiger partial charge in [0.25, 0.3) is 0 Å². The van der Waals surface area contributed by atoms with Crippen molar-refractivity contribution in [1.82, 2.24) is 4.31 Å². The molecule has 0 spiro atoms. The zero-order valence-corrected chi connectivity index (χ0v) is 12.3. The third-order valence-electron chi connectivity index (χ3n) is 2.81. The molecule has 0 radical (unpaired) electrons. The first-order chi connectivity index (χ1) is 8.99. The van der Waals surface area contributed by atoms with Gasteiger partial charge in [-0.3, -0.25) is 0 Å². The molecule has 0 fully saturated rings. The molecular formula is C13H22N2O3S. The lowest BCUT2D eigenvalue weighted by Gasteiger charge is -2.20. The number of nitrogen functional groups attached to an aromatic ring is 1. The molecule has 0 saturated heterocycles. The van der Waals surface area contributed by atoms with Gasteiger partial charge in [0, 0.05) is 32.5 Å². The van der Waals surface area contributed by atoms with E-state index in [2.05, 4.69) is 0 Å². The van der Waals surface area contributed by atoms with E-state index in [1.54, 1.807) is 19.2 Å². The normalized spacial score (nSPS) is 11.9. The number of hydrogen-bond donors (Lipinski definition) is 1. The van der Waals surface area contributed by atoms with E-state index in [1.165, 1.54) is 4.31 Å². The van der Waals surface area contributed by atoms with E-state index in [-0.39, 0.29) is 5.75 Å². The lowest BCUT2D eigenvalue weighted by atomic mass is 10.2. The SMILES string of the molecule is CCN(Cc1cccc(N)c1)S(=O)(=O)CCCOC. The summed E-state index contributed by atoms with van der Waals surface area (Å²) in [7, 11) is -1.68. The van der Waals surface area contributed by atoms with E-state index in [0.717, 1.165) is 5.56 Å². The Kier molecular flexibility index (Phi) is 6.27. The Balaban J connectivity index is 2.72. The molecule has 5 nitrogen and oxygen atoms in total. The summed E-state index contributed by atoms with van der Waals surface area (Å²) in [4.78, 5) is 0. The molecule has 0 bridgehead atoms. The van der Waals surface area contributed by atoms with Gasteiger partial charge in [-0.1, -0.05) is 19.1 Å². The topological polar surface area (TPSA) is 72.6 Å². The molecule has 2 N–H and O–H groups in total. The molecule has 0 aliphatic heterocycles. The van der Waals surface area contributed by atoms with Gasteiger partial charge >= 0.3 is 0 Å². The number of hydrogen-bond acceptors (Lipinski definition) is 4. The monoisotopic (exact) mass is 286 g/mol. The van der Waals surface area contributed by atoms with Crippen molar-refractivity contribution in [3.63, 3.8) is 0 Å². The Morgan fingerprint density at radius 3 is 2.68 bits per heavy atom. The maximum atomic E-state index is 12.2. The molecule has 6 heteroatoms. The second-order valence-corrected chi connectivity index (χ2v) is 6.42. The van der Waals surface area contributed by atoms with Crippen molar-refractivity contribution in [1.29, 1.82) is 0 Å². The number of benzene rings is 1. The van der Waals surface area contributed by atoms with Gasteiger partial charge < -0.3 is 10.5 Å². The van der Waals surface area contributed by atoms with Crippen molar-refractivity contribution in [3.05, 3.63) is 29.8 Å². The van der Waals surface area contributed by atoms with Crippen LogP contribution < -0.4 is 5.73 Å². The minimum Gasteiger partial charge on any atom is -0.399 e. The van der Waals surface area contributed by atoms with E-state index in [9.17, 15) is 8.42 Å². The van der Waals surface area contributed by atoms with Crippen LogP contribution in [0.5, 0.6) is 0 Å².